The summed E-state index contributed by atoms with van der Waals surface area (Å²) in [6.45, 7) is 3.53. The second-order valence-electron chi connectivity index (χ2n) is 6.80. The summed E-state index contributed by atoms with van der Waals surface area (Å²) < 4.78 is 60.6. The molecule has 1 aromatic heterocycles. The van der Waals surface area contributed by atoms with Crippen LogP contribution in [-0.4, -0.2) is 35.7 Å². The van der Waals surface area contributed by atoms with Crippen molar-refractivity contribution in [3.05, 3.63) is 70.8 Å². The fraction of sp³-hybridized carbons (Fsp3) is 0.263. The van der Waals surface area contributed by atoms with E-state index in [2.05, 4.69) is 4.98 Å². The Balaban J connectivity index is 1.77. The lowest BCUT2D eigenvalue weighted by molar-refractivity contribution is -0.137. The third kappa shape index (κ3) is 5.00. The number of alkyl halides is 3. The minimum absolute atomic E-state index is 0.0329. The van der Waals surface area contributed by atoms with Crippen molar-refractivity contribution in [2.24, 2.45) is 0 Å². The Labute approximate surface area is 184 Å². The van der Waals surface area contributed by atoms with Crippen LogP contribution in [0.15, 0.2) is 48.9 Å². The van der Waals surface area contributed by atoms with Crippen LogP contribution >= 0.6 is 11.6 Å². The predicted octanol–water partition coefficient (Wildman–Crippen LogP) is 4.76. The number of urea groups is 1. The van der Waals surface area contributed by atoms with Gasteiger partial charge in [-0.05, 0) is 32.0 Å². The number of amides is 2. The van der Waals surface area contributed by atoms with E-state index in [4.69, 9.17) is 11.6 Å². The van der Waals surface area contributed by atoms with Gasteiger partial charge < -0.3 is 4.90 Å². The summed E-state index contributed by atoms with van der Waals surface area (Å²) in [7, 11) is 0. The number of aryl methyl sites for hydroxylation is 1. The van der Waals surface area contributed by atoms with Gasteiger partial charge in [-0.15, -0.1) is 0 Å². The molecule has 0 saturated carbocycles. The zero-order chi connectivity index (χ0) is 22.9. The number of carbonyl (C=O) groups is 1. The van der Waals surface area contributed by atoms with E-state index in [-0.39, 0.29) is 22.9 Å². The van der Waals surface area contributed by atoms with Crippen molar-refractivity contribution in [2.45, 2.75) is 32.7 Å². The monoisotopic (exact) mass is 474 g/mol. The molecule has 2 aromatic rings. The van der Waals surface area contributed by atoms with E-state index in [0.717, 1.165) is 15.9 Å². The Morgan fingerprint density at radius 3 is 2.48 bits per heavy atom. The maximum atomic E-state index is 13.0. The molecule has 3 rings (SSSR count). The molecular weight excluding hydrogens is 457 g/mol. The Bertz CT molecular complexity index is 1030. The summed E-state index contributed by atoms with van der Waals surface area (Å²) in [4.78, 5) is 19.6. The van der Waals surface area contributed by atoms with Gasteiger partial charge in [0.25, 0.3) is 11.3 Å². The van der Waals surface area contributed by atoms with Gasteiger partial charge in [-0.3, -0.25) is 14.4 Å². The summed E-state index contributed by atoms with van der Waals surface area (Å²) in [5.41, 5.74) is 0.396. The standard InChI is InChI=1S/C19H18ClF3N4O3S/c1-12-3-5-15(6-4-12)27(31(29)30)18(28)26-8-7-25(13(26)2)11-17-16(20)9-14(10-24-17)19(21,22)23/h3-10,13H,11H2,1-2H3,(H,29,30). The molecule has 0 bridgehead atoms. The number of rotatable bonds is 4. The molecule has 2 heterocycles. The smallest absolute Gasteiger partial charge is 0.350 e. The first kappa shape index (κ1) is 23.0. The van der Waals surface area contributed by atoms with Gasteiger partial charge in [-0.25, -0.2) is 9.00 Å². The summed E-state index contributed by atoms with van der Waals surface area (Å²) in [6, 6.07) is 6.56. The van der Waals surface area contributed by atoms with Crippen LogP contribution in [-0.2, 0) is 24.0 Å². The average molecular weight is 475 g/mol. The minimum Gasteiger partial charge on any atom is -0.350 e. The number of hydrogen-bond donors (Lipinski definition) is 1. The SMILES string of the molecule is Cc1ccc(N(C(=O)N2C=CN(Cc3ncc(C(F)(F)F)cc3Cl)C2C)S(=O)O)cc1. The summed E-state index contributed by atoms with van der Waals surface area (Å²) in [6.07, 6.45) is -1.52. The molecule has 0 radical (unpaired) electrons. The van der Waals surface area contributed by atoms with Crippen LogP contribution in [0, 0.1) is 6.92 Å². The number of halogens is 4. The molecule has 7 nitrogen and oxygen atoms in total. The molecule has 12 heteroatoms. The second-order valence-corrected chi connectivity index (χ2v) is 8.04. The Morgan fingerprint density at radius 2 is 1.94 bits per heavy atom. The molecule has 0 spiro atoms. The van der Waals surface area contributed by atoms with Crippen LogP contribution in [0.3, 0.4) is 0 Å². The zero-order valence-corrected chi connectivity index (χ0v) is 17.9. The lowest BCUT2D eigenvalue weighted by atomic mass is 10.2. The van der Waals surface area contributed by atoms with Crippen molar-refractivity contribution in [1.29, 1.82) is 0 Å². The Morgan fingerprint density at radius 1 is 1.29 bits per heavy atom. The third-order valence-electron chi connectivity index (χ3n) is 4.70. The van der Waals surface area contributed by atoms with Crippen molar-refractivity contribution in [1.82, 2.24) is 14.8 Å². The van der Waals surface area contributed by atoms with Gasteiger partial charge in [0.2, 0.25) is 0 Å². The molecule has 2 atom stereocenters. The van der Waals surface area contributed by atoms with Crippen molar-refractivity contribution in [3.63, 3.8) is 0 Å². The molecule has 31 heavy (non-hydrogen) atoms. The number of nitrogens with zero attached hydrogens (tertiary/aromatic N) is 4. The van der Waals surface area contributed by atoms with Gasteiger partial charge >= 0.3 is 12.2 Å². The third-order valence-corrected chi connectivity index (χ3v) is 5.70. The van der Waals surface area contributed by atoms with E-state index >= 15 is 0 Å². The zero-order valence-electron chi connectivity index (χ0n) is 16.4. The van der Waals surface area contributed by atoms with Gasteiger partial charge in [0.05, 0.1) is 28.5 Å². The molecule has 0 saturated heterocycles. The van der Waals surface area contributed by atoms with Crippen LogP contribution in [0.5, 0.6) is 0 Å². The first-order chi connectivity index (χ1) is 14.5. The first-order valence-electron chi connectivity index (χ1n) is 8.95. The molecule has 1 aliphatic heterocycles. The molecule has 166 valence electrons. The average Bonchev–Trinajstić information content (AvgIpc) is 3.04. The normalized spacial score (nSPS) is 17.2. The number of benzene rings is 1. The van der Waals surface area contributed by atoms with E-state index in [1.54, 1.807) is 36.1 Å². The lowest BCUT2D eigenvalue weighted by Gasteiger charge is -2.31. The molecule has 2 unspecified atom stereocenters. The summed E-state index contributed by atoms with van der Waals surface area (Å²) in [5.74, 6) is 0. The number of pyridine rings is 1. The van der Waals surface area contributed by atoms with Crippen LogP contribution in [0.2, 0.25) is 5.02 Å². The first-order valence-corrected chi connectivity index (χ1v) is 10.4. The highest BCUT2D eigenvalue weighted by Gasteiger charge is 2.35. The van der Waals surface area contributed by atoms with E-state index in [1.165, 1.54) is 17.3 Å². The quantitative estimate of drug-likeness (QED) is 0.646. The van der Waals surface area contributed by atoms with E-state index in [1.807, 2.05) is 6.92 Å². The van der Waals surface area contributed by atoms with Crippen molar-refractivity contribution < 1.29 is 26.7 Å². The van der Waals surface area contributed by atoms with Crippen LogP contribution in [0.4, 0.5) is 23.7 Å². The van der Waals surface area contributed by atoms with Gasteiger partial charge in [-0.2, -0.15) is 17.5 Å². The van der Waals surface area contributed by atoms with Crippen LogP contribution in [0.1, 0.15) is 23.7 Å². The second kappa shape index (κ2) is 8.85. The molecule has 1 N–H and O–H groups in total. The van der Waals surface area contributed by atoms with Crippen LogP contribution < -0.4 is 4.31 Å². The van der Waals surface area contributed by atoms with E-state index in [9.17, 15) is 26.7 Å². The highest BCUT2D eigenvalue weighted by Crippen LogP contribution is 2.32. The molecular formula is C19H18ClF3N4O3S. The van der Waals surface area contributed by atoms with Gasteiger partial charge in [-0.1, -0.05) is 29.3 Å². The molecule has 0 aliphatic carbocycles. The Kier molecular flexibility index (Phi) is 6.58. The van der Waals surface area contributed by atoms with Crippen molar-refractivity contribution >= 4 is 34.6 Å². The molecule has 1 aromatic carbocycles. The molecule has 0 fully saturated rings. The predicted molar refractivity (Wildman–Crippen MR) is 110 cm³/mol. The lowest BCUT2D eigenvalue weighted by Crippen LogP contribution is -2.47. The number of anilines is 1. The summed E-state index contributed by atoms with van der Waals surface area (Å²) in [5, 5.41) is -0.155. The van der Waals surface area contributed by atoms with Crippen LogP contribution in [0.25, 0.3) is 0 Å². The van der Waals surface area contributed by atoms with Crippen molar-refractivity contribution in [2.75, 3.05) is 4.31 Å². The Hall–Kier alpha value is -2.63. The largest absolute Gasteiger partial charge is 0.417 e. The molecule has 2 amide bonds. The van der Waals surface area contributed by atoms with E-state index < -0.39 is 35.2 Å². The number of hydrogen-bond acceptors (Lipinski definition) is 4. The van der Waals surface area contributed by atoms with Gasteiger partial charge in [0, 0.05) is 18.6 Å². The maximum absolute atomic E-state index is 13.0. The fourth-order valence-electron chi connectivity index (χ4n) is 2.94. The highest BCUT2D eigenvalue weighted by molar-refractivity contribution is 7.81. The van der Waals surface area contributed by atoms with Gasteiger partial charge in [0.1, 0.15) is 6.17 Å². The highest BCUT2D eigenvalue weighted by atomic mass is 35.5. The number of carbonyl (C=O) groups excluding carboxylic acids is 1. The molecule has 1 aliphatic rings. The van der Waals surface area contributed by atoms with Crippen molar-refractivity contribution in [3.8, 4) is 0 Å². The number of aromatic nitrogens is 1. The fourth-order valence-corrected chi connectivity index (χ4v) is 3.69. The summed E-state index contributed by atoms with van der Waals surface area (Å²) >= 11 is 3.35. The van der Waals surface area contributed by atoms with Gasteiger partial charge in [0.15, 0.2) is 0 Å². The maximum Gasteiger partial charge on any atom is 0.417 e. The topological polar surface area (TPSA) is 77.0 Å². The minimum atomic E-state index is -4.56. The van der Waals surface area contributed by atoms with E-state index in [0.29, 0.717) is 6.20 Å².